The maximum absolute atomic E-state index is 5.56. The topological polar surface area (TPSA) is 61.8 Å². The van der Waals surface area contributed by atoms with Crippen molar-refractivity contribution in [2.75, 3.05) is 26.7 Å². The van der Waals surface area contributed by atoms with E-state index in [1.807, 2.05) is 19.1 Å². The van der Waals surface area contributed by atoms with Gasteiger partial charge in [0.1, 0.15) is 0 Å². The Balaban J connectivity index is 2.41. The summed E-state index contributed by atoms with van der Waals surface area (Å²) < 4.78 is 5.56. The van der Waals surface area contributed by atoms with Crippen molar-refractivity contribution < 1.29 is 4.74 Å². The third-order valence-corrected chi connectivity index (χ3v) is 4.01. The molecule has 1 rings (SSSR count). The quantitative estimate of drug-likeness (QED) is 0.386. The number of rotatable bonds is 10. The van der Waals surface area contributed by atoms with Gasteiger partial charge in [0.05, 0.1) is 6.61 Å². The van der Waals surface area contributed by atoms with E-state index in [1.54, 1.807) is 13.2 Å². The van der Waals surface area contributed by atoms with Crippen LogP contribution in [0.15, 0.2) is 23.3 Å². The zero-order chi connectivity index (χ0) is 18.7. The van der Waals surface area contributed by atoms with Crippen molar-refractivity contribution in [1.82, 2.24) is 20.5 Å². The van der Waals surface area contributed by atoms with Crippen LogP contribution in [0.5, 0.6) is 5.88 Å². The van der Waals surface area contributed by atoms with Crippen molar-refractivity contribution in [3.8, 4) is 5.88 Å². The second-order valence-electron chi connectivity index (χ2n) is 6.53. The molecule has 0 atom stereocenters. The summed E-state index contributed by atoms with van der Waals surface area (Å²) in [5.74, 6) is 1.48. The normalized spacial score (nSPS) is 12.1. The third kappa shape index (κ3) is 7.73. The number of ether oxygens (including phenoxy) is 1. The number of nitrogens with zero attached hydrogens (tertiary/aromatic N) is 3. The van der Waals surface area contributed by atoms with Gasteiger partial charge in [0.2, 0.25) is 5.88 Å². The van der Waals surface area contributed by atoms with Gasteiger partial charge in [-0.1, -0.05) is 6.07 Å². The molecule has 0 aliphatic rings. The van der Waals surface area contributed by atoms with Gasteiger partial charge in [-0.3, -0.25) is 9.89 Å². The Bertz CT molecular complexity index is 508. The van der Waals surface area contributed by atoms with Gasteiger partial charge in [-0.25, -0.2) is 4.98 Å². The molecular formula is C19H35N5O. The third-order valence-electron chi connectivity index (χ3n) is 4.01. The molecule has 0 saturated heterocycles. The second-order valence-corrected chi connectivity index (χ2v) is 6.53. The van der Waals surface area contributed by atoms with Crippen LogP contribution in [-0.2, 0) is 6.54 Å². The number of nitrogens with one attached hydrogen (secondary N) is 2. The number of guanidine groups is 1. The van der Waals surface area contributed by atoms with Gasteiger partial charge >= 0.3 is 0 Å². The van der Waals surface area contributed by atoms with Crippen molar-refractivity contribution in [3.05, 3.63) is 23.9 Å². The molecule has 6 heteroatoms. The Morgan fingerprint density at radius 1 is 1.24 bits per heavy atom. The zero-order valence-corrected chi connectivity index (χ0v) is 16.7. The fraction of sp³-hybridized carbons (Fsp3) is 0.684. The Morgan fingerprint density at radius 2 is 1.96 bits per heavy atom. The van der Waals surface area contributed by atoms with E-state index >= 15 is 0 Å². The molecule has 0 aromatic carbocycles. The van der Waals surface area contributed by atoms with Crippen molar-refractivity contribution in [2.24, 2.45) is 4.99 Å². The molecule has 0 aliphatic carbocycles. The molecule has 1 heterocycles. The minimum absolute atomic E-state index is 0.569. The van der Waals surface area contributed by atoms with E-state index in [1.165, 1.54) is 0 Å². The van der Waals surface area contributed by atoms with Crippen LogP contribution in [0.25, 0.3) is 0 Å². The number of hydrogen-bond donors (Lipinski definition) is 2. The Labute approximate surface area is 153 Å². The second kappa shape index (κ2) is 11.7. The number of hydrogen-bond acceptors (Lipinski definition) is 4. The van der Waals surface area contributed by atoms with Crippen LogP contribution >= 0.6 is 0 Å². The van der Waals surface area contributed by atoms with E-state index in [0.29, 0.717) is 31.1 Å². The van der Waals surface area contributed by atoms with Gasteiger partial charge in [0.25, 0.3) is 0 Å². The van der Waals surface area contributed by atoms with Gasteiger partial charge < -0.3 is 15.4 Å². The molecule has 0 bridgehead atoms. The predicted octanol–water partition coefficient (Wildman–Crippen LogP) is 2.65. The minimum atomic E-state index is 0.569. The minimum Gasteiger partial charge on any atom is -0.478 e. The largest absolute Gasteiger partial charge is 0.478 e. The molecule has 0 spiro atoms. The lowest BCUT2D eigenvalue weighted by Gasteiger charge is -2.30. The molecule has 1 aromatic rings. The molecule has 2 N–H and O–H groups in total. The summed E-state index contributed by atoms with van der Waals surface area (Å²) in [6, 6.07) is 5.07. The summed E-state index contributed by atoms with van der Waals surface area (Å²) in [6.45, 7) is 14.2. The van der Waals surface area contributed by atoms with E-state index in [-0.39, 0.29) is 0 Å². The molecule has 0 saturated carbocycles. The summed E-state index contributed by atoms with van der Waals surface area (Å²) in [5.41, 5.74) is 1.03. The van der Waals surface area contributed by atoms with E-state index in [9.17, 15) is 0 Å². The van der Waals surface area contributed by atoms with E-state index < -0.39 is 0 Å². The summed E-state index contributed by atoms with van der Waals surface area (Å²) in [6.07, 6.45) is 2.82. The highest BCUT2D eigenvalue weighted by Crippen LogP contribution is 2.13. The van der Waals surface area contributed by atoms with Gasteiger partial charge in [0, 0.05) is 50.5 Å². The molecule has 0 fully saturated rings. The smallest absolute Gasteiger partial charge is 0.218 e. The van der Waals surface area contributed by atoms with Crippen molar-refractivity contribution in [2.45, 2.75) is 59.7 Å². The van der Waals surface area contributed by atoms with E-state index in [4.69, 9.17) is 4.74 Å². The molecule has 0 amide bonds. The van der Waals surface area contributed by atoms with Crippen LogP contribution in [0.4, 0.5) is 0 Å². The molecular weight excluding hydrogens is 314 g/mol. The fourth-order valence-corrected chi connectivity index (χ4v) is 2.81. The SMILES string of the molecule is CCOc1ncccc1CNC(=NC)NCCCN(C(C)C)C(C)C. The van der Waals surface area contributed by atoms with Crippen molar-refractivity contribution in [3.63, 3.8) is 0 Å². The summed E-state index contributed by atoms with van der Waals surface area (Å²) in [4.78, 5) is 11.1. The van der Waals surface area contributed by atoms with E-state index in [0.717, 1.165) is 31.0 Å². The maximum Gasteiger partial charge on any atom is 0.218 e. The predicted molar refractivity (Wildman–Crippen MR) is 105 cm³/mol. The first-order valence-electron chi connectivity index (χ1n) is 9.26. The van der Waals surface area contributed by atoms with Gasteiger partial charge in [-0.15, -0.1) is 0 Å². The number of aliphatic imine (C=N–C) groups is 1. The van der Waals surface area contributed by atoms with Gasteiger partial charge in [0.15, 0.2) is 5.96 Å². The highest BCUT2D eigenvalue weighted by molar-refractivity contribution is 5.79. The lowest BCUT2D eigenvalue weighted by atomic mass is 10.2. The fourth-order valence-electron chi connectivity index (χ4n) is 2.81. The average molecular weight is 350 g/mol. The Kier molecular flexibility index (Phi) is 9.92. The maximum atomic E-state index is 5.56. The molecule has 0 radical (unpaired) electrons. The molecule has 1 aromatic heterocycles. The highest BCUT2D eigenvalue weighted by atomic mass is 16.5. The van der Waals surface area contributed by atoms with Crippen LogP contribution in [0.2, 0.25) is 0 Å². The van der Waals surface area contributed by atoms with Crippen molar-refractivity contribution >= 4 is 5.96 Å². The highest BCUT2D eigenvalue weighted by Gasteiger charge is 2.12. The van der Waals surface area contributed by atoms with Crippen LogP contribution in [0.1, 0.15) is 46.6 Å². The molecule has 0 aliphatic heterocycles. The number of pyridine rings is 1. The van der Waals surface area contributed by atoms with Crippen LogP contribution in [0, 0.1) is 0 Å². The van der Waals surface area contributed by atoms with Gasteiger partial charge in [-0.05, 0) is 47.1 Å². The Hall–Kier alpha value is -1.82. The molecule has 6 nitrogen and oxygen atoms in total. The molecule has 142 valence electrons. The molecule has 25 heavy (non-hydrogen) atoms. The molecule has 0 unspecified atom stereocenters. The first-order chi connectivity index (χ1) is 12.0. The average Bonchev–Trinajstić information content (AvgIpc) is 2.58. The first-order valence-corrected chi connectivity index (χ1v) is 9.26. The monoisotopic (exact) mass is 349 g/mol. The van der Waals surface area contributed by atoms with Crippen LogP contribution < -0.4 is 15.4 Å². The standard InChI is InChI=1S/C19H35N5O/c1-7-25-18-17(10-8-11-21-18)14-23-19(20-6)22-12-9-13-24(15(2)3)16(4)5/h8,10-11,15-16H,7,9,12-14H2,1-6H3,(H2,20,22,23). The zero-order valence-electron chi connectivity index (χ0n) is 16.7. The number of aromatic nitrogens is 1. The lowest BCUT2D eigenvalue weighted by Crippen LogP contribution is -2.41. The van der Waals surface area contributed by atoms with Crippen LogP contribution in [-0.4, -0.2) is 54.7 Å². The van der Waals surface area contributed by atoms with Gasteiger partial charge in [-0.2, -0.15) is 0 Å². The Morgan fingerprint density at radius 3 is 2.56 bits per heavy atom. The van der Waals surface area contributed by atoms with Crippen molar-refractivity contribution in [1.29, 1.82) is 0 Å². The summed E-state index contributed by atoms with van der Waals surface area (Å²) >= 11 is 0. The summed E-state index contributed by atoms with van der Waals surface area (Å²) in [5, 5.41) is 6.70. The summed E-state index contributed by atoms with van der Waals surface area (Å²) in [7, 11) is 1.79. The van der Waals surface area contributed by atoms with E-state index in [2.05, 4.69) is 53.2 Å². The first kappa shape index (κ1) is 21.2. The van der Waals surface area contributed by atoms with Crippen LogP contribution in [0.3, 0.4) is 0 Å². The lowest BCUT2D eigenvalue weighted by molar-refractivity contribution is 0.173.